The molecule has 0 bridgehead atoms. The van der Waals surface area contributed by atoms with Crippen LogP contribution < -0.4 is 10.1 Å². The summed E-state index contributed by atoms with van der Waals surface area (Å²) in [4.78, 5) is 14.9. The number of para-hydroxylation sites is 2. The second-order valence-electron chi connectivity index (χ2n) is 11.0. The van der Waals surface area contributed by atoms with Crippen LogP contribution in [0.4, 0.5) is 5.82 Å². The van der Waals surface area contributed by atoms with E-state index in [2.05, 4.69) is 77.6 Å². The van der Waals surface area contributed by atoms with Gasteiger partial charge >= 0.3 is 0 Å². The van der Waals surface area contributed by atoms with E-state index >= 15 is 0 Å². The number of hydrogen-bond donors (Lipinski definition) is 1. The van der Waals surface area contributed by atoms with Crippen molar-refractivity contribution in [2.45, 2.75) is 40.3 Å². The van der Waals surface area contributed by atoms with Gasteiger partial charge in [0, 0.05) is 36.6 Å². The maximum atomic E-state index is 6.39. The molecule has 6 nitrogen and oxygen atoms in total. The van der Waals surface area contributed by atoms with Crippen molar-refractivity contribution in [1.82, 2.24) is 19.8 Å². The molecule has 1 saturated heterocycles. The molecule has 4 rings (SSSR count). The third-order valence-corrected chi connectivity index (χ3v) is 7.86. The molecule has 0 aliphatic carbocycles. The molecule has 3 aromatic rings. The Balaban J connectivity index is 1.46. The van der Waals surface area contributed by atoms with E-state index in [1.165, 1.54) is 11.1 Å². The van der Waals surface area contributed by atoms with Gasteiger partial charge in [0.1, 0.15) is 24.0 Å². The van der Waals surface area contributed by atoms with Gasteiger partial charge in [0.15, 0.2) is 0 Å². The van der Waals surface area contributed by atoms with Gasteiger partial charge in [-0.15, -0.1) is 0 Å². The summed E-state index contributed by atoms with van der Waals surface area (Å²) < 4.78 is 5.88. The van der Waals surface area contributed by atoms with Crippen molar-refractivity contribution in [2.75, 3.05) is 44.6 Å². The molecule has 1 fully saturated rings. The fraction of sp³-hybridized carbons (Fsp3) is 0.316. The maximum Gasteiger partial charge on any atom is 0.145 e. The van der Waals surface area contributed by atoms with Crippen LogP contribution in [-0.4, -0.2) is 65.1 Å². The zero-order chi connectivity index (χ0) is 31.9. The number of benzene rings is 2. The molecule has 1 atom stereocenters. The minimum atomic E-state index is 0.150. The maximum absolute atomic E-state index is 6.39. The van der Waals surface area contributed by atoms with E-state index in [0.29, 0.717) is 19.7 Å². The van der Waals surface area contributed by atoms with Crippen LogP contribution in [0.25, 0.3) is 10.9 Å². The number of ether oxygens (including phenoxy) is 1. The quantitative estimate of drug-likeness (QED) is 0.144. The predicted octanol–water partition coefficient (Wildman–Crippen LogP) is 8.33. The highest BCUT2D eigenvalue weighted by Gasteiger charge is 2.27. The van der Waals surface area contributed by atoms with Crippen LogP contribution in [0.5, 0.6) is 5.75 Å². The molecule has 45 heavy (non-hydrogen) atoms. The monoisotopic (exact) mass is 623 g/mol. The van der Waals surface area contributed by atoms with E-state index in [1.54, 1.807) is 0 Å². The van der Waals surface area contributed by atoms with Crippen molar-refractivity contribution >= 4 is 28.3 Å². The summed E-state index contributed by atoms with van der Waals surface area (Å²) in [7, 11) is 0. The molecule has 1 unspecified atom stereocenters. The Morgan fingerprint density at radius 1 is 0.889 bits per heavy atom. The molecule has 7 heteroatoms. The molecule has 0 spiro atoms. The second-order valence-corrected chi connectivity index (χ2v) is 11.4. The Kier molecular flexibility index (Phi) is 13.6. The second kappa shape index (κ2) is 18.1. The highest BCUT2D eigenvalue weighted by molar-refractivity contribution is 6.31. The van der Waals surface area contributed by atoms with Crippen molar-refractivity contribution in [2.24, 2.45) is 0 Å². The van der Waals surface area contributed by atoms with Gasteiger partial charge < -0.3 is 10.1 Å². The molecule has 0 amide bonds. The third kappa shape index (κ3) is 10.3. The lowest BCUT2D eigenvalue weighted by atomic mass is 9.95. The standard InChI is InChI=1S/C38H46ClN5O/c1-5-8-16-31(14-6-2)37(30(4)21-22-32(39)15-7-3)44-26-24-43(25-27-44)29-36-41-35-20-13-12-19-34(35)38(42-36)40-23-28-45-33-17-10-9-11-18-33/h5-22,37H,23-29H2,1-4H3,(H,40,41,42)/b8-5+,14-6-,15-7-,30-21+,31-16+,32-22+. The lowest BCUT2D eigenvalue weighted by Gasteiger charge is -2.40. The van der Waals surface area contributed by atoms with Gasteiger partial charge in [0.25, 0.3) is 0 Å². The average Bonchev–Trinajstić information content (AvgIpc) is 3.06. The number of piperazine rings is 1. The molecule has 2 heterocycles. The summed E-state index contributed by atoms with van der Waals surface area (Å²) in [6.07, 6.45) is 18.7. The zero-order valence-corrected chi connectivity index (χ0v) is 27.8. The number of hydrogen-bond acceptors (Lipinski definition) is 6. The molecular formula is C38H46ClN5O. The Morgan fingerprint density at radius 3 is 2.36 bits per heavy atom. The van der Waals surface area contributed by atoms with Crippen molar-refractivity contribution in [1.29, 1.82) is 0 Å². The van der Waals surface area contributed by atoms with Crippen LogP contribution in [0.3, 0.4) is 0 Å². The number of fused-ring (bicyclic) bond motifs is 1. The predicted molar refractivity (Wildman–Crippen MR) is 191 cm³/mol. The molecule has 0 radical (unpaired) electrons. The van der Waals surface area contributed by atoms with Gasteiger partial charge in [0.05, 0.1) is 24.6 Å². The smallest absolute Gasteiger partial charge is 0.145 e. The molecule has 1 N–H and O–H groups in total. The van der Waals surface area contributed by atoms with Crippen LogP contribution in [-0.2, 0) is 6.54 Å². The minimum Gasteiger partial charge on any atom is -0.492 e. The topological polar surface area (TPSA) is 53.5 Å². The molecule has 2 aromatic carbocycles. The van der Waals surface area contributed by atoms with Crippen LogP contribution in [0.15, 0.2) is 125 Å². The van der Waals surface area contributed by atoms with E-state index in [4.69, 9.17) is 26.3 Å². The highest BCUT2D eigenvalue weighted by Crippen LogP contribution is 2.25. The zero-order valence-electron chi connectivity index (χ0n) is 27.0. The van der Waals surface area contributed by atoms with Crippen molar-refractivity contribution in [3.8, 4) is 5.75 Å². The number of aromatic nitrogens is 2. The summed E-state index contributed by atoms with van der Waals surface area (Å²) in [5.41, 5.74) is 3.46. The molecule has 1 aromatic heterocycles. The number of nitrogens with zero attached hydrogens (tertiary/aromatic N) is 4. The first-order valence-corrected chi connectivity index (χ1v) is 16.2. The van der Waals surface area contributed by atoms with Gasteiger partial charge in [0.2, 0.25) is 0 Å². The fourth-order valence-corrected chi connectivity index (χ4v) is 5.67. The van der Waals surface area contributed by atoms with Gasteiger partial charge in [-0.1, -0.05) is 90.0 Å². The third-order valence-electron chi connectivity index (χ3n) is 7.61. The number of anilines is 1. The van der Waals surface area contributed by atoms with Crippen molar-refractivity contribution < 1.29 is 4.74 Å². The first-order valence-electron chi connectivity index (χ1n) is 15.8. The summed E-state index contributed by atoms with van der Waals surface area (Å²) in [6, 6.07) is 18.2. The SMILES string of the molecule is C\C=C/C(Cl)=C\C=C(/C)C(C(/C=C\C)=C/C=C/C)N1CCN(Cc2nc(NCCOc3ccccc3)c3ccccc3n2)CC1. The Bertz CT molecular complexity index is 1550. The van der Waals surface area contributed by atoms with Gasteiger partial charge in [-0.3, -0.25) is 9.80 Å². The van der Waals surface area contributed by atoms with Crippen molar-refractivity contribution in [3.63, 3.8) is 0 Å². The molecule has 1 aliphatic rings. The van der Waals surface area contributed by atoms with Crippen LogP contribution in [0.1, 0.15) is 33.5 Å². The van der Waals surface area contributed by atoms with E-state index < -0.39 is 0 Å². The van der Waals surface area contributed by atoms with Gasteiger partial charge in [-0.25, -0.2) is 9.97 Å². The molecular weight excluding hydrogens is 578 g/mol. The van der Waals surface area contributed by atoms with Gasteiger partial charge in [-0.05, 0) is 69.7 Å². The average molecular weight is 624 g/mol. The van der Waals surface area contributed by atoms with Crippen molar-refractivity contribution in [3.05, 3.63) is 131 Å². The number of allylic oxidation sites excluding steroid dienone is 9. The minimum absolute atomic E-state index is 0.150. The Labute approximate surface area is 274 Å². The number of halogens is 1. The normalized spacial score (nSPS) is 16.8. The fourth-order valence-electron chi connectivity index (χ4n) is 5.48. The largest absolute Gasteiger partial charge is 0.492 e. The van der Waals surface area contributed by atoms with Crippen LogP contribution in [0, 0.1) is 0 Å². The number of nitrogens with one attached hydrogen (secondary N) is 1. The molecule has 0 saturated carbocycles. The van der Waals surface area contributed by atoms with E-state index in [1.807, 2.05) is 74.5 Å². The summed E-state index contributed by atoms with van der Waals surface area (Å²) in [5, 5.41) is 5.23. The van der Waals surface area contributed by atoms with Crippen LogP contribution >= 0.6 is 11.6 Å². The lowest BCUT2D eigenvalue weighted by molar-refractivity contribution is 0.113. The van der Waals surface area contributed by atoms with E-state index in [-0.39, 0.29) is 6.04 Å². The highest BCUT2D eigenvalue weighted by atomic mass is 35.5. The Hall–Kier alpha value is -3.97. The molecule has 236 valence electrons. The van der Waals surface area contributed by atoms with E-state index in [9.17, 15) is 0 Å². The summed E-state index contributed by atoms with van der Waals surface area (Å²) in [6.45, 7) is 13.9. The summed E-state index contributed by atoms with van der Waals surface area (Å²) >= 11 is 6.39. The van der Waals surface area contributed by atoms with Crippen LogP contribution in [0.2, 0.25) is 0 Å². The first kappa shape index (κ1) is 33.9. The summed E-state index contributed by atoms with van der Waals surface area (Å²) in [5.74, 6) is 2.54. The number of rotatable bonds is 14. The van der Waals surface area contributed by atoms with E-state index in [0.717, 1.165) is 59.5 Å². The molecule has 1 aliphatic heterocycles. The van der Waals surface area contributed by atoms with Gasteiger partial charge in [-0.2, -0.15) is 0 Å². The first-order chi connectivity index (χ1) is 22.0. The lowest BCUT2D eigenvalue weighted by Crippen LogP contribution is -2.50. The Morgan fingerprint density at radius 2 is 1.62 bits per heavy atom.